The van der Waals surface area contributed by atoms with Gasteiger partial charge in [-0.25, -0.2) is 4.79 Å². The van der Waals surface area contributed by atoms with Crippen molar-refractivity contribution < 1.29 is 33.3 Å². The largest absolute Gasteiger partial charge is 0.486 e. The Balaban J connectivity index is 1.23. The van der Waals surface area contributed by atoms with Crippen molar-refractivity contribution in [3.05, 3.63) is 59.0 Å². The molecule has 0 N–H and O–H groups in total. The van der Waals surface area contributed by atoms with Gasteiger partial charge in [0.05, 0.1) is 0 Å². The second-order valence-electron chi connectivity index (χ2n) is 6.88. The Labute approximate surface area is 182 Å². The maximum atomic E-state index is 12.4. The van der Waals surface area contributed by atoms with Crippen LogP contribution in [-0.4, -0.2) is 44.8 Å². The number of fused-ring (bicyclic) bond motifs is 2. The van der Waals surface area contributed by atoms with Crippen molar-refractivity contribution in [1.82, 2.24) is 0 Å². The Bertz CT molecular complexity index is 1150. The molecule has 0 saturated carbocycles. The Morgan fingerprint density at radius 1 is 0.774 bits per heavy atom. The molecule has 1 aromatic heterocycles. The van der Waals surface area contributed by atoms with Crippen LogP contribution in [0.15, 0.2) is 48.5 Å². The van der Waals surface area contributed by atoms with Crippen LogP contribution in [-0.2, 0) is 4.74 Å². The number of thiophene rings is 1. The molecule has 2 aliphatic heterocycles. The lowest BCUT2D eigenvalue weighted by molar-refractivity contribution is 0.0479. The standard InChI is InChI=1S/C23H18O7S/c24-16(14-1-3-17-19(11-14)28-9-7-26-17)13-30-23(25)22-6-5-21(31-22)15-2-4-18-20(12-15)29-10-8-27-18/h1-6,11-12H,7-10,13H2. The zero-order valence-electron chi connectivity index (χ0n) is 16.4. The van der Waals surface area contributed by atoms with E-state index in [1.54, 1.807) is 24.3 Å². The summed E-state index contributed by atoms with van der Waals surface area (Å²) in [5.74, 6) is 1.67. The van der Waals surface area contributed by atoms with Gasteiger partial charge in [0.15, 0.2) is 35.4 Å². The topological polar surface area (TPSA) is 80.3 Å². The van der Waals surface area contributed by atoms with Crippen molar-refractivity contribution in [2.75, 3.05) is 33.0 Å². The van der Waals surface area contributed by atoms with E-state index in [1.165, 1.54) is 11.3 Å². The summed E-state index contributed by atoms with van der Waals surface area (Å²) in [6.45, 7) is 1.61. The number of hydrogen-bond donors (Lipinski definition) is 0. The van der Waals surface area contributed by atoms with Crippen molar-refractivity contribution in [1.29, 1.82) is 0 Å². The first-order valence-corrected chi connectivity index (χ1v) is 10.6. The number of benzene rings is 2. The number of carbonyl (C=O) groups excluding carboxylic acids is 2. The molecule has 0 unspecified atom stereocenters. The molecule has 8 heteroatoms. The van der Waals surface area contributed by atoms with Gasteiger partial charge < -0.3 is 23.7 Å². The van der Waals surface area contributed by atoms with Gasteiger partial charge in [-0.2, -0.15) is 0 Å². The van der Waals surface area contributed by atoms with Gasteiger partial charge in [-0.1, -0.05) is 0 Å². The number of ketones is 1. The average Bonchev–Trinajstić information content (AvgIpc) is 3.32. The summed E-state index contributed by atoms with van der Waals surface area (Å²) in [5.41, 5.74) is 1.32. The molecule has 3 heterocycles. The molecule has 0 spiro atoms. The molecule has 3 aromatic rings. The fraction of sp³-hybridized carbons (Fsp3) is 0.217. The third-order valence-corrected chi connectivity index (χ3v) is 5.95. The highest BCUT2D eigenvalue weighted by molar-refractivity contribution is 7.17. The lowest BCUT2D eigenvalue weighted by Crippen LogP contribution is -2.17. The van der Waals surface area contributed by atoms with Crippen LogP contribution in [0.4, 0.5) is 0 Å². The molecule has 0 amide bonds. The summed E-state index contributed by atoms with van der Waals surface area (Å²) >= 11 is 1.29. The fourth-order valence-electron chi connectivity index (χ4n) is 3.30. The summed E-state index contributed by atoms with van der Waals surface area (Å²) in [6.07, 6.45) is 0. The number of carbonyl (C=O) groups is 2. The van der Waals surface area contributed by atoms with Gasteiger partial charge in [-0.3, -0.25) is 4.79 Å². The maximum absolute atomic E-state index is 12.4. The van der Waals surface area contributed by atoms with Crippen molar-refractivity contribution in [2.24, 2.45) is 0 Å². The second-order valence-corrected chi connectivity index (χ2v) is 7.96. The van der Waals surface area contributed by atoms with Crippen molar-refractivity contribution in [3.8, 4) is 33.4 Å². The van der Waals surface area contributed by atoms with E-state index in [0.717, 1.165) is 10.4 Å². The first-order chi connectivity index (χ1) is 15.2. The number of ether oxygens (including phenoxy) is 5. The lowest BCUT2D eigenvalue weighted by Gasteiger charge is -2.18. The van der Waals surface area contributed by atoms with Gasteiger partial charge in [0.1, 0.15) is 31.3 Å². The van der Waals surface area contributed by atoms with Gasteiger partial charge in [0.2, 0.25) is 0 Å². The molecular formula is C23H18O7S. The average molecular weight is 438 g/mol. The monoisotopic (exact) mass is 438 g/mol. The van der Waals surface area contributed by atoms with Crippen LogP contribution in [0.1, 0.15) is 20.0 Å². The minimum Gasteiger partial charge on any atom is -0.486 e. The highest BCUT2D eigenvalue weighted by Gasteiger charge is 2.19. The molecule has 7 nitrogen and oxygen atoms in total. The minimum atomic E-state index is -0.542. The van der Waals surface area contributed by atoms with Gasteiger partial charge in [-0.05, 0) is 54.1 Å². The predicted molar refractivity (Wildman–Crippen MR) is 113 cm³/mol. The smallest absolute Gasteiger partial charge is 0.348 e. The molecule has 0 atom stereocenters. The molecule has 2 aliphatic rings. The van der Waals surface area contributed by atoms with Gasteiger partial charge >= 0.3 is 5.97 Å². The zero-order valence-corrected chi connectivity index (χ0v) is 17.2. The van der Waals surface area contributed by atoms with Crippen molar-refractivity contribution >= 4 is 23.1 Å². The zero-order chi connectivity index (χ0) is 21.2. The molecule has 0 bridgehead atoms. The number of rotatable bonds is 5. The van der Waals surface area contributed by atoms with Crippen LogP contribution in [0.2, 0.25) is 0 Å². The summed E-state index contributed by atoms with van der Waals surface area (Å²) in [4.78, 5) is 26.2. The molecule has 158 valence electrons. The SMILES string of the molecule is O=C(COC(=O)c1ccc(-c2ccc3c(c2)OCCO3)s1)c1ccc2c(c1)OCCO2. The molecule has 0 aliphatic carbocycles. The minimum absolute atomic E-state index is 0.311. The van der Waals surface area contributed by atoms with Crippen LogP contribution in [0.25, 0.3) is 10.4 Å². The van der Waals surface area contributed by atoms with E-state index in [-0.39, 0.29) is 12.4 Å². The van der Waals surface area contributed by atoms with E-state index in [0.29, 0.717) is 59.9 Å². The van der Waals surface area contributed by atoms with E-state index >= 15 is 0 Å². The molecular weight excluding hydrogens is 420 g/mol. The molecule has 0 radical (unpaired) electrons. The fourth-order valence-corrected chi connectivity index (χ4v) is 4.20. The summed E-state index contributed by atoms with van der Waals surface area (Å²) in [7, 11) is 0. The Hall–Kier alpha value is -3.52. The third-order valence-electron chi connectivity index (χ3n) is 4.83. The first-order valence-electron chi connectivity index (χ1n) is 9.77. The van der Waals surface area contributed by atoms with Crippen LogP contribution in [0.5, 0.6) is 23.0 Å². The molecule has 31 heavy (non-hydrogen) atoms. The number of Topliss-reactive ketones (excluding diaryl/α,β-unsaturated/α-hetero) is 1. The van der Waals surface area contributed by atoms with E-state index in [1.807, 2.05) is 24.3 Å². The van der Waals surface area contributed by atoms with E-state index < -0.39 is 5.97 Å². The van der Waals surface area contributed by atoms with Crippen LogP contribution < -0.4 is 18.9 Å². The Morgan fingerprint density at radius 2 is 1.42 bits per heavy atom. The van der Waals surface area contributed by atoms with Crippen LogP contribution >= 0.6 is 11.3 Å². The molecule has 2 aromatic carbocycles. The van der Waals surface area contributed by atoms with Gasteiger partial charge in [0.25, 0.3) is 0 Å². The molecule has 0 saturated heterocycles. The normalized spacial score (nSPS) is 14.1. The summed E-state index contributed by atoms with van der Waals surface area (Å²) in [5, 5.41) is 0. The molecule has 5 rings (SSSR count). The first kappa shape index (κ1) is 19.4. The Kier molecular flexibility index (Phi) is 5.21. The highest BCUT2D eigenvalue weighted by Crippen LogP contribution is 2.37. The second kappa shape index (κ2) is 8.31. The van der Waals surface area contributed by atoms with Crippen molar-refractivity contribution in [3.63, 3.8) is 0 Å². The van der Waals surface area contributed by atoms with Crippen LogP contribution in [0.3, 0.4) is 0 Å². The van der Waals surface area contributed by atoms with E-state index in [2.05, 4.69) is 0 Å². The third kappa shape index (κ3) is 4.06. The summed E-state index contributed by atoms with van der Waals surface area (Å²) in [6, 6.07) is 14.1. The van der Waals surface area contributed by atoms with Gasteiger partial charge in [-0.15, -0.1) is 11.3 Å². The predicted octanol–water partition coefficient (Wildman–Crippen LogP) is 4.00. The summed E-state index contributed by atoms with van der Waals surface area (Å²) < 4.78 is 27.3. The lowest BCUT2D eigenvalue weighted by atomic mass is 10.1. The maximum Gasteiger partial charge on any atom is 0.348 e. The van der Waals surface area contributed by atoms with E-state index in [4.69, 9.17) is 23.7 Å². The molecule has 0 fully saturated rings. The quantitative estimate of drug-likeness (QED) is 0.440. The highest BCUT2D eigenvalue weighted by atomic mass is 32.1. The number of esters is 1. The van der Waals surface area contributed by atoms with Crippen molar-refractivity contribution in [2.45, 2.75) is 0 Å². The van der Waals surface area contributed by atoms with Gasteiger partial charge in [0, 0.05) is 10.4 Å². The van der Waals surface area contributed by atoms with E-state index in [9.17, 15) is 9.59 Å². The number of hydrogen-bond acceptors (Lipinski definition) is 8. The Morgan fingerprint density at radius 3 is 2.16 bits per heavy atom. The van der Waals surface area contributed by atoms with Crippen LogP contribution in [0, 0.1) is 0 Å².